The molecule has 0 saturated carbocycles. The molecular formula is C19H20FN3OS. The molecule has 2 aromatic heterocycles. The number of aromatic nitrogens is 2. The van der Waals surface area contributed by atoms with Crippen LogP contribution < -0.4 is 10.9 Å². The molecule has 2 atom stereocenters. The molecule has 0 radical (unpaired) electrons. The van der Waals surface area contributed by atoms with Crippen molar-refractivity contribution in [3.8, 4) is 0 Å². The van der Waals surface area contributed by atoms with Gasteiger partial charge in [-0.25, -0.2) is 9.37 Å². The lowest BCUT2D eigenvalue weighted by molar-refractivity contribution is 0.337. The zero-order valence-electron chi connectivity index (χ0n) is 14.3. The van der Waals surface area contributed by atoms with Crippen LogP contribution in [0.2, 0.25) is 0 Å². The Morgan fingerprint density at radius 3 is 3.12 bits per heavy atom. The van der Waals surface area contributed by atoms with Gasteiger partial charge in [-0.05, 0) is 42.9 Å². The molecule has 0 saturated heterocycles. The Labute approximate surface area is 149 Å². The highest BCUT2D eigenvalue weighted by Gasteiger charge is 2.27. The highest BCUT2D eigenvalue weighted by atomic mass is 32.1. The summed E-state index contributed by atoms with van der Waals surface area (Å²) in [4.78, 5) is 17.6. The molecule has 1 aromatic carbocycles. The Morgan fingerprint density at radius 1 is 1.44 bits per heavy atom. The van der Waals surface area contributed by atoms with Crippen LogP contribution in [0.1, 0.15) is 41.9 Å². The number of nitrogens with zero attached hydrogens (tertiary/aromatic N) is 2. The van der Waals surface area contributed by atoms with Gasteiger partial charge in [0, 0.05) is 29.7 Å². The number of thiazole rings is 1. The van der Waals surface area contributed by atoms with Crippen molar-refractivity contribution >= 4 is 16.3 Å². The van der Waals surface area contributed by atoms with Gasteiger partial charge in [0.25, 0.3) is 5.56 Å². The molecule has 4 rings (SSSR count). The van der Waals surface area contributed by atoms with E-state index in [9.17, 15) is 9.18 Å². The Balaban J connectivity index is 1.61. The number of rotatable bonds is 3. The van der Waals surface area contributed by atoms with Crippen molar-refractivity contribution in [1.29, 1.82) is 0 Å². The molecule has 0 fully saturated rings. The van der Waals surface area contributed by atoms with Gasteiger partial charge in [0.15, 0.2) is 4.96 Å². The normalized spacial score (nSPS) is 20.0. The summed E-state index contributed by atoms with van der Waals surface area (Å²) in [5.74, 6) is 0.283. The smallest absolute Gasteiger partial charge is 0.259 e. The van der Waals surface area contributed by atoms with E-state index in [2.05, 4.69) is 17.2 Å². The Bertz CT molecular complexity index is 994. The van der Waals surface area contributed by atoms with E-state index < -0.39 is 0 Å². The number of nitrogens with one attached hydrogen (secondary N) is 1. The Hall–Kier alpha value is -2.05. The highest BCUT2D eigenvalue weighted by Crippen LogP contribution is 2.35. The van der Waals surface area contributed by atoms with Gasteiger partial charge in [0.2, 0.25) is 0 Å². The number of hydrogen-bond donors (Lipinski definition) is 1. The predicted octanol–water partition coefficient (Wildman–Crippen LogP) is 3.62. The fourth-order valence-corrected chi connectivity index (χ4v) is 4.58. The van der Waals surface area contributed by atoms with Crippen molar-refractivity contribution in [2.75, 3.05) is 0 Å². The number of benzene rings is 1. The van der Waals surface area contributed by atoms with Crippen LogP contribution in [0.5, 0.6) is 0 Å². The molecule has 130 valence electrons. The van der Waals surface area contributed by atoms with E-state index in [4.69, 9.17) is 0 Å². The lowest BCUT2D eigenvalue weighted by atomic mass is 9.80. The molecule has 0 bridgehead atoms. The third-order valence-electron chi connectivity index (χ3n) is 5.04. The molecule has 0 spiro atoms. The van der Waals surface area contributed by atoms with Crippen molar-refractivity contribution in [1.82, 2.24) is 14.7 Å². The first-order chi connectivity index (χ1) is 12.0. The molecule has 0 unspecified atom stereocenters. The van der Waals surface area contributed by atoms with E-state index in [0.29, 0.717) is 17.4 Å². The largest absolute Gasteiger partial charge is 0.304 e. The average Bonchev–Trinajstić information content (AvgIpc) is 2.96. The minimum absolute atomic E-state index is 0.0521. The average molecular weight is 357 g/mol. The molecule has 6 heteroatoms. The summed E-state index contributed by atoms with van der Waals surface area (Å²) >= 11 is 1.47. The van der Waals surface area contributed by atoms with Gasteiger partial charge in [-0.3, -0.25) is 9.20 Å². The number of fused-ring (bicyclic) bond motifs is 2. The van der Waals surface area contributed by atoms with Crippen LogP contribution in [0.3, 0.4) is 0 Å². The van der Waals surface area contributed by atoms with Gasteiger partial charge in [0.05, 0.1) is 5.69 Å². The third-order valence-corrected chi connectivity index (χ3v) is 5.98. The number of hydrogen-bond acceptors (Lipinski definition) is 4. The lowest BCUT2D eigenvalue weighted by Gasteiger charge is -2.32. The molecule has 0 amide bonds. The van der Waals surface area contributed by atoms with Gasteiger partial charge in [-0.1, -0.05) is 19.1 Å². The van der Waals surface area contributed by atoms with Gasteiger partial charge < -0.3 is 5.32 Å². The van der Waals surface area contributed by atoms with Crippen LogP contribution in [0.25, 0.3) is 4.96 Å². The minimum Gasteiger partial charge on any atom is -0.304 e. The fraction of sp³-hybridized carbons (Fsp3) is 0.368. The van der Waals surface area contributed by atoms with Crippen molar-refractivity contribution in [3.05, 3.63) is 68.3 Å². The zero-order valence-corrected chi connectivity index (χ0v) is 15.1. The summed E-state index contributed by atoms with van der Waals surface area (Å²) in [7, 11) is 0. The molecule has 1 aliphatic rings. The zero-order chi connectivity index (χ0) is 17.6. The molecule has 4 nitrogen and oxygen atoms in total. The first kappa shape index (κ1) is 16.4. The molecule has 1 N–H and O–H groups in total. The van der Waals surface area contributed by atoms with Crippen LogP contribution in [-0.4, -0.2) is 9.38 Å². The maximum absolute atomic E-state index is 14.1. The van der Waals surface area contributed by atoms with E-state index in [1.807, 2.05) is 18.4 Å². The molecule has 25 heavy (non-hydrogen) atoms. The summed E-state index contributed by atoms with van der Waals surface area (Å²) in [6.07, 6.45) is 1.73. The first-order valence-corrected chi connectivity index (χ1v) is 9.40. The van der Waals surface area contributed by atoms with E-state index in [0.717, 1.165) is 35.4 Å². The van der Waals surface area contributed by atoms with Gasteiger partial charge in [0.1, 0.15) is 5.82 Å². The summed E-state index contributed by atoms with van der Waals surface area (Å²) < 4.78 is 15.7. The number of halogens is 1. The fourth-order valence-electron chi connectivity index (χ4n) is 3.69. The van der Waals surface area contributed by atoms with E-state index in [1.165, 1.54) is 17.4 Å². The maximum atomic E-state index is 14.1. The van der Waals surface area contributed by atoms with Crippen LogP contribution in [0.4, 0.5) is 4.39 Å². The van der Waals surface area contributed by atoms with Crippen LogP contribution in [0, 0.1) is 18.7 Å². The highest BCUT2D eigenvalue weighted by molar-refractivity contribution is 7.15. The SMILES string of the molecule is Cc1csc2nc(CN[C@@H]3c4cccc(F)c4CC[C@@H]3C)cc(=O)n12. The molecular weight excluding hydrogens is 337 g/mol. The van der Waals surface area contributed by atoms with Crippen LogP contribution in [-0.2, 0) is 13.0 Å². The second kappa shape index (κ2) is 6.35. The van der Waals surface area contributed by atoms with E-state index >= 15 is 0 Å². The Kier molecular flexibility index (Phi) is 4.17. The summed E-state index contributed by atoms with van der Waals surface area (Å²) in [6.45, 7) is 4.58. The lowest BCUT2D eigenvalue weighted by Crippen LogP contribution is -2.32. The van der Waals surface area contributed by atoms with Crippen molar-refractivity contribution < 1.29 is 4.39 Å². The molecule has 1 aliphatic carbocycles. The van der Waals surface area contributed by atoms with E-state index in [-0.39, 0.29) is 17.4 Å². The van der Waals surface area contributed by atoms with E-state index in [1.54, 1.807) is 16.5 Å². The second-order valence-corrected chi connectivity index (χ2v) is 7.60. The van der Waals surface area contributed by atoms with Gasteiger partial charge in [-0.2, -0.15) is 0 Å². The minimum atomic E-state index is -0.122. The van der Waals surface area contributed by atoms with Gasteiger partial charge >= 0.3 is 0 Å². The summed E-state index contributed by atoms with van der Waals surface area (Å²) in [5, 5.41) is 5.43. The summed E-state index contributed by atoms with van der Waals surface area (Å²) in [5.41, 5.74) is 3.42. The third kappa shape index (κ3) is 2.89. The Morgan fingerprint density at radius 2 is 2.28 bits per heavy atom. The first-order valence-electron chi connectivity index (χ1n) is 8.52. The number of aryl methyl sites for hydroxylation is 1. The predicted molar refractivity (Wildman–Crippen MR) is 97.5 cm³/mol. The molecule has 2 heterocycles. The maximum Gasteiger partial charge on any atom is 0.259 e. The monoisotopic (exact) mass is 357 g/mol. The quantitative estimate of drug-likeness (QED) is 0.779. The second-order valence-electron chi connectivity index (χ2n) is 6.76. The van der Waals surface area contributed by atoms with Crippen molar-refractivity contribution in [2.45, 2.75) is 39.3 Å². The van der Waals surface area contributed by atoms with Crippen molar-refractivity contribution in [2.24, 2.45) is 5.92 Å². The standard InChI is InChI=1S/C19H20FN3OS/c1-11-6-7-14-15(4-3-5-16(14)20)18(11)21-9-13-8-17(24)23-12(2)10-25-19(23)22-13/h3-5,8,10-11,18,21H,6-7,9H2,1-2H3/t11-,18-/m0/s1. The summed E-state index contributed by atoms with van der Waals surface area (Å²) in [6, 6.07) is 6.96. The molecule has 3 aromatic rings. The van der Waals surface area contributed by atoms with Gasteiger partial charge in [-0.15, -0.1) is 11.3 Å². The van der Waals surface area contributed by atoms with Crippen molar-refractivity contribution in [3.63, 3.8) is 0 Å². The molecule has 0 aliphatic heterocycles. The van der Waals surface area contributed by atoms with Crippen LogP contribution in [0.15, 0.2) is 34.4 Å². The topological polar surface area (TPSA) is 46.4 Å². The van der Waals surface area contributed by atoms with Crippen LogP contribution >= 0.6 is 11.3 Å².